The molecule has 4 aliphatic carbocycles. The molecule has 0 bridgehead atoms. The fourth-order valence-electron chi connectivity index (χ4n) is 9.98. The zero-order chi connectivity index (χ0) is 21.9. The highest BCUT2D eigenvalue weighted by molar-refractivity contribution is 8.21. The topological polar surface area (TPSA) is 0 Å². The van der Waals surface area contributed by atoms with Crippen molar-refractivity contribution in [3.8, 4) is 0 Å². The van der Waals surface area contributed by atoms with Gasteiger partial charge in [0.05, 0.1) is 4.08 Å². The fourth-order valence-corrected chi connectivity index (χ4v) is 13.4. The first-order chi connectivity index (χ1) is 14.8. The van der Waals surface area contributed by atoms with E-state index in [1.807, 2.05) is 0 Å². The molecule has 5 rings (SSSR count). The van der Waals surface area contributed by atoms with Crippen molar-refractivity contribution in [2.24, 2.45) is 52.3 Å². The van der Waals surface area contributed by atoms with Crippen molar-refractivity contribution >= 4 is 23.5 Å². The molecule has 31 heavy (non-hydrogen) atoms. The van der Waals surface area contributed by atoms with Gasteiger partial charge in [0.1, 0.15) is 0 Å². The fraction of sp³-hybridized carbons (Fsp3) is 1.00. The van der Waals surface area contributed by atoms with Gasteiger partial charge < -0.3 is 0 Å². The minimum atomic E-state index is 0.629. The molecule has 1 spiro atoms. The highest BCUT2D eigenvalue weighted by Gasteiger charge is 2.62. The first kappa shape index (κ1) is 23.4. The van der Waals surface area contributed by atoms with Gasteiger partial charge >= 0.3 is 0 Å². The van der Waals surface area contributed by atoms with E-state index in [1.165, 1.54) is 43.6 Å². The summed E-state index contributed by atoms with van der Waals surface area (Å²) in [5, 5.41) is 0. The van der Waals surface area contributed by atoms with Crippen LogP contribution in [0.5, 0.6) is 0 Å². The highest BCUT2D eigenvalue weighted by Crippen LogP contribution is 2.70. The standard InChI is InChI=1S/C29H50S2/c1-20(2)7-6-8-21(3)24-11-12-25-23-10-9-22-19-29(30-17-18-31-29)16-15-27(22,4)26(23)13-14-28(24,25)5/h20-26H,6-19H2,1-5H3/t21?,22?,23?,24?,25?,26?,27-,28+/m0/s1. The first-order valence-corrected chi connectivity index (χ1v) is 16.0. The summed E-state index contributed by atoms with van der Waals surface area (Å²) in [5.74, 6) is 9.85. The Bertz CT molecular complexity index is 637. The molecule has 1 saturated heterocycles. The third kappa shape index (κ3) is 3.98. The van der Waals surface area contributed by atoms with Crippen molar-refractivity contribution in [2.75, 3.05) is 11.5 Å². The largest absolute Gasteiger partial charge is 0.143 e. The lowest BCUT2D eigenvalue weighted by molar-refractivity contribution is -0.114. The first-order valence-electron chi connectivity index (χ1n) is 14.1. The molecule has 1 aliphatic heterocycles. The van der Waals surface area contributed by atoms with Crippen molar-refractivity contribution in [2.45, 2.75) is 116 Å². The predicted octanol–water partition coefficient (Wildman–Crippen LogP) is 9.28. The second-order valence-corrected chi connectivity index (χ2v) is 16.7. The smallest absolute Gasteiger partial charge is 0.0614 e. The molecule has 0 aromatic rings. The van der Waals surface area contributed by atoms with Crippen LogP contribution in [0.25, 0.3) is 0 Å². The summed E-state index contributed by atoms with van der Waals surface area (Å²) in [6.45, 7) is 13.0. The predicted molar refractivity (Wildman–Crippen MR) is 141 cm³/mol. The van der Waals surface area contributed by atoms with E-state index in [0.717, 1.165) is 41.4 Å². The quantitative estimate of drug-likeness (QED) is 0.399. The second-order valence-electron chi connectivity index (χ2n) is 13.5. The summed E-state index contributed by atoms with van der Waals surface area (Å²) in [4.78, 5) is 0. The third-order valence-electron chi connectivity index (χ3n) is 11.7. The van der Waals surface area contributed by atoms with Gasteiger partial charge in [0.2, 0.25) is 0 Å². The van der Waals surface area contributed by atoms with Crippen molar-refractivity contribution in [3.05, 3.63) is 0 Å². The van der Waals surface area contributed by atoms with Crippen LogP contribution in [0.15, 0.2) is 0 Å². The minimum absolute atomic E-state index is 0.629. The number of fused-ring (bicyclic) bond motifs is 5. The number of rotatable bonds is 5. The molecular weight excluding hydrogens is 412 g/mol. The summed E-state index contributed by atoms with van der Waals surface area (Å²) in [7, 11) is 0. The molecule has 6 unspecified atom stereocenters. The molecule has 0 amide bonds. The van der Waals surface area contributed by atoms with Crippen LogP contribution in [0.3, 0.4) is 0 Å². The maximum absolute atomic E-state index is 2.77. The van der Waals surface area contributed by atoms with Crippen LogP contribution in [-0.4, -0.2) is 15.6 Å². The Hall–Kier alpha value is 0.700. The Morgan fingerprint density at radius 1 is 0.774 bits per heavy atom. The molecule has 1 heterocycles. The summed E-state index contributed by atoms with van der Waals surface area (Å²) in [6, 6.07) is 0. The second kappa shape index (κ2) is 8.73. The zero-order valence-electron chi connectivity index (χ0n) is 21.3. The normalized spacial score (nSPS) is 47.2. The Morgan fingerprint density at radius 2 is 1.52 bits per heavy atom. The highest BCUT2D eigenvalue weighted by atomic mass is 32.2. The van der Waals surface area contributed by atoms with E-state index in [-0.39, 0.29) is 0 Å². The van der Waals surface area contributed by atoms with Gasteiger partial charge in [-0.1, -0.05) is 53.9 Å². The van der Waals surface area contributed by atoms with Gasteiger partial charge in [0, 0.05) is 11.5 Å². The lowest BCUT2D eigenvalue weighted by atomic mass is 9.44. The van der Waals surface area contributed by atoms with Crippen molar-refractivity contribution in [3.63, 3.8) is 0 Å². The maximum Gasteiger partial charge on any atom is 0.0614 e. The van der Waals surface area contributed by atoms with Gasteiger partial charge in [-0.25, -0.2) is 0 Å². The van der Waals surface area contributed by atoms with Crippen molar-refractivity contribution < 1.29 is 0 Å². The molecule has 0 radical (unpaired) electrons. The van der Waals surface area contributed by atoms with Crippen molar-refractivity contribution in [1.29, 1.82) is 0 Å². The van der Waals surface area contributed by atoms with Gasteiger partial charge in [-0.15, -0.1) is 23.5 Å². The Morgan fingerprint density at radius 3 is 2.26 bits per heavy atom. The molecule has 0 aromatic heterocycles. The van der Waals surface area contributed by atoms with E-state index in [4.69, 9.17) is 0 Å². The lowest BCUT2D eigenvalue weighted by Crippen LogP contribution is -2.55. The number of hydrogen-bond acceptors (Lipinski definition) is 2. The average Bonchev–Trinajstić information content (AvgIpc) is 3.32. The zero-order valence-corrected chi connectivity index (χ0v) is 22.9. The van der Waals surface area contributed by atoms with Crippen LogP contribution in [0, 0.1) is 52.3 Å². The molecular formula is C29H50S2. The van der Waals surface area contributed by atoms with Crippen LogP contribution >= 0.6 is 23.5 Å². The molecule has 2 heteroatoms. The molecule has 0 aromatic carbocycles. The van der Waals surface area contributed by atoms with E-state index in [1.54, 1.807) is 44.9 Å². The Balaban J connectivity index is 1.28. The molecule has 178 valence electrons. The van der Waals surface area contributed by atoms with E-state index < -0.39 is 0 Å². The van der Waals surface area contributed by atoms with Gasteiger partial charge in [0.15, 0.2) is 0 Å². The SMILES string of the molecule is CC(C)CCCC(C)C1CCC2C3CCC4CC5(CC[C@]4(C)C3CC[C@]12C)SCCS5. The molecule has 5 fully saturated rings. The van der Waals surface area contributed by atoms with E-state index >= 15 is 0 Å². The van der Waals surface area contributed by atoms with E-state index in [2.05, 4.69) is 58.1 Å². The molecule has 0 nitrogen and oxygen atoms in total. The lowest BCUT2D eigenvalue weighted by Gasteiger charge is -2.62. The van der Waals surface area contributed by atoms with E-state index in [0.29, 0.717) is 14.9 Å². The van der Waals surface area contributed by atoms with Crippen LogP contribution in [0.4, 0.5) is 0 Å². The Labute approximate surface area is 202 Å². The molecule has 8 atom stereocenters. The van der Waals surface area contributed by atoms with Gasteiger partial charge in [-0.2, -0.15) is 0 Å². The number of hydrogen-bond donors (Lipinski definition) is 0. The van der Waals surface area contributed by atoms with Crippen LogP contribution in [0.2, 0.25) is 0 Å². The van der Waals surface area contributed by atoms with E-state index in [9.17, 15) is 0 Å². The summed E-state index contributed by atoms with van der Waals surface area (Å²) < 4.78 is 0.629. The van der Waals surface area contributed by atoms with Crippen LogP contribution in [0.1, 0.15) is 112 Å². The monoisotopic (exact) mass is 462 g/mol. The van der Waals surface area contributed by atoms with Gasteiger partial charge in [0.25, 0.3) is 0 Å². The maximum atomic E-state index is 2.77. The molecule has 0 N–H and O–H groups in total. The molecule has 5 aliphatic rings. The molecule has 4 saturated carbocycles. The Kier molecular flexibility index (Phi) is 6.60. The number of thioether (sulfide) groups is 2. The summed E-state index contributed by atoms with van der Waals surface area (Å²) in [5.41, 5.74) is 1.33. The minimum Gasteiger partial charge on any atom is -0.143 e. The van der Waals surface area contributed by atoms with Crippen LogP contribution in [-0.2, 0) is 0 Å². The average molecular weight is 463 g/mol. The van der Waals surface area contributed by atoms with Gasteiger partial charge in [-0.05, 0) is 110 Å². The summed E-state index contributed by atoms with van der Waals surface area (Å²) in [6.07, 6.45) is 18.3. The summed E-state index contributed by atoms with van der Waals surface area (Å²) >= 11 is 4.68. The van der Waals surface area contributed by atoms with Crippen molar-refractivity contribution in [1.82, 2.24) is 0 Å². The van der Waals surface area contributed by atoms with Gasteiger partial charge in [-0.3, -0.25) is 0 Å². The third-order valence-corrected chi connectivity index (χ3v) is 15.3. The van der Waals surface area contributed by atoms with Crippen LogP contribution < -0.4 is 0 Å².